The molecule has 0 bridgehead atoms. The largest absolute Gasteiger partial charge is 0.494 e. The van der Waals surface area contributed by atoms with Gasteiger partial charge in [-0.3, -0.25) is 4.90 Å². The van der Waals surface area contributed by atoms with E-state index in [1.165, 1.54) is 0 Å². The minimum absolute atomic E-state index is 0.217. The molecule has 1 aromatic carbocycles. The average molecular weight is 381 g/mol. The van der Waals surface area contributed by atoms with E-state index < -0.39 is 30.5 Å². The van der Waals surface area contributed by atoms with Gasteiger partial charge >= 0.3 is 13.3 Å². The molecule has 2 N–H and O–H groups in total. The fraction of sp³-hybridized carbons (Fsp3) is 0.500. The molecule has 0 aromatic heterocycles. The number of rotatable bonds is 2. The lowest BCUT2D eigenvalue weighted by Crippen LogP contribution is -2.52. The van der Waals surface area contributed by atoms with Crippen molar-refractivity contribution in [3.63, 3.8) is 0 Å². The van der Waals surface area contributed by atoms with Gasteiger partial charge in [-0.2, -0.15) is 13.2 Å². The van der Waals surface area contributed by atoms with Crippen molar-refractivity contribution in [2.75, 3.05) is 4.90 Å². The Morgan fingerprint density at radius 2 is 1.70 bits per heavy atom. The summed E-state index contributed by atoms with van der Waals surface area (Å²) in [5.41, 5.74) is 6.38. The van der Waals surface area contributed by atoms with Gasteiger partial charge in [0.1, 0.15) is 0 Å². The summed E-state index contributed by atoms with van der Waals surface area (Å²) in [6.07, 6.45) is -2.44. The zero-order valence-corrected chi connectivity index (χ0v) is 16.0. The van der Waals surface area contributed by atoms with E-state index in [1.807, 2.05) is 33.8 Å². The summed E-state index contributed by atoms with van der Waals surface area (Å²) in [7, 11) is -0.684. The lowest BCUT2D eigenvalue weighted by Gasteiger charge is -2.34. The van der Waals surface area contributed by atoms with E-state index in [4.69, 9.17) is 15.0 Å². The van der Waals surface area contributed by atoms with Gasteiger partial charge in [0.2, 0.25) is 5.96 Å². The first-order valence-electron chi connectivity index (χ1n) is 8.65. The van der Waals surface area contributed by atoms with E-state index in [9.17, 15) is 13.2 Å². The molecular weight excluding hydrogens is 358 g/mol. The second kappa shape index (κ2) is 6.27. The van der Waals surface area contributed by atoms with Crippen LogP contribution in [-0.2, 0) is 9.31 Å². The topological polar surface area (TPSA) is 60.1 Å². The number of nitrogens with two attached hydrogens (primary N) is 1. The maximum atomic E-state index is 13.5. The highest BCUT2D eigenvalue weighted by molar-refractivity contribution is 6.62. The Kier molecular flexibility index (Phi) is 4.59. The van der Waals surface area contributed by atoms with Crippen molar-refractivity contribution >= 4 is 24.2 Å². The summed E-state index contributed by atoms with van der Waals surface area (Å²) in [5, 5.41) is 0. The van der Waals surface area contributed by atoms with Crippen LogP contribution < -0.4 is 16.1 Å². The second-order valence-corrected chi connectivity index (χ2v) is 7.88. The summed E-state index contributed by atoms with van der Waals surface area (Å²) in [4.78, 5) is 4.81. The molecule has 2 heterocycles. The van der Waals surface area contributed by atoms with Gasteiger partial charge in [-0.05, 0) is 63.9 Å². The number of aliphatic imine (C=N–C) groups is 1. The average Bonchev–Trinajstić information content (AvgIpc) is 2.73. The molecule has 0 amide bonds. The van der Waals surface area contributed by atoms with Gasteiger partial charge in [0, 0.05) is 11.9 Å². The highest BCUT2D eigenvalue weighted by Gasteiger charge is 2.52. The Morgan fingerprint density at radius 1 is 1.11 bits per heavy atom. The third-order valence-electron chi connectivity index (χ3n) is 5.22. The Labute approximate surface area is 157 Å². The van der Waals surface area contributed by atoms with E-state index in [0.29, 0.717) is 5.46 Å². The molecule has 1 atom stereocenters. The summed E-state index contributed by atoms with van der Waals surface area (Å²) in [6.45, 7) is 9.48. The molecule has 146 valence electrons. The highest BCUT2D eigenvalue weighted by atomic mass is 19.4. The number of halogens is 3. The van der Waals surface area contributed by atoms with Crippen LogP contribution in [0.4, 0.5) is 18.9 Å². The molecular formula is C18H23BF3N3O2. The molecule has 3 rings (SSSR count). The highest BCUT2D eigenvalue weighted by Crippen LogP contribution is 2.37. The van der Waals surface area contributed by atoms with Crippen LogP contribution in [-0.4, -0.2) is 36.5 Å². The minimum Gasteiger partial charge on any atom is -0.399 e. The zero-order valence-electron chi connectivity index (χ0n) is 16.0. The summed E-state index contributed by atoms with van der Waals surface area (Å²) in [5.74, 6) is -0.217. The molecule has 1 aromatic rings. The van der Waals surface area contributed by atoms with E-state index in [-0.39, 0.29) is 11.6 Å². The predicted octanol–water partition coefficient (Wildman–Crippen LogP) is 2.87. The van der Waals surface area contributed by atoms with Crippen LogP contribution >= 0.6 is 0 Å². The van der Waals surface area contributed by atoms with Gasteiger partial charge in [0.25, 0.3) is 0 Å². The summed E-state index contributed by atoms with van der Waals surface area (Å²) < 4.78 is 52.6. The molecule has 0 saturated carbocycles. The van der Waals surface area contributed by atoms with E-state index >= 15 is 0 Å². The van der Waals surface area contributed by atoms with E-state index in [1.54, 1.807) is 19.1 Å². The third-order valence-corrected chi connectivity index (χ3v) is 5.22. The first-order chi connectivity index (χ1) is 12.3. The van der Waals surface area contributed by atoms with Gasteiger partial charge in [-0.1, -0.05) is 6.07 Å². The minimum atomic E-state index is -4.49. The number of benzene rings is 1. The molecule has 27 heavy (non-hydrogen) atoms. The monoisotopic (exact) mass is 381 g/mol. The van der Waals surface area contributed by atoms with Crippen molar-refractivity contribution in [1.29, 1.82) is 0 Å². The van der Waals surface area contributed by atoms with Crippen LogP contribution in [0.25, 0.3) is 0 Å². The molecule has 0 aliphatic carbocycles. The maximum Gasteiger partial charge on any atom is 0.494 e. The first-order valence-corrected chi connectivity index (χ1v) is 8.65. The van der Waals surface area contributed by atoms with Gasteiger partial charge in [0.05, 0.1) is 11.2 Å². The zero-order chi connectivity index (χ0) is 20.2. The Morgan fingerprint density at radius 3 is 2.26 bits per heavy atom. The van der Waals surface area contributed by atoms with Gasteiger partial charge in [-0.25, -0.2) is 4.99 Å². The fourth-order valence-electron chi connectivity index (χ4n) is 3.09. The number of aryl methyl sites for hydroxylation is 1. The number of hydrogen-bond donors (Lipinski definition) is 1. The normalized spacial score (nSPS) is 24.3. The lowest BCUT2D eigenvalue weighted by atomic mass is 9.78. The van der Waals surface area contributed by atoms with E-state index in [2.05, 4.69) is 4.99 Å². The van der Waals surface area contributed by atoms with Gasteiger partial charge in [0.15, 0.2) is 6.04 Å². The molecule has 0 radical (unpaired) electrons. The Hall–Kier alpha value is -2.00. The van der Waals surface area contributed by atoms with Crippen LogP contribution in [0.15, 0.2) is 35.5 Å². The molecule has 2 aliphatic rings. The quantitative estimate of drug-likeness (QED) is 0.801. The number of nitrogens with zero attached hydrogens (tertiary/aromatic N) is 2. The molecule has 9 heteroatoms. The number of hydrogen-bond acceptors (Lipinski definition) is 5. The molecule has 2 aliphatic heterocycles. The third kappa shape index (κ3) is 3.58. The first kappa shape index (κ1) is 19.8. The SMILES string of the molecule is Cc1cc(B2OC(C)(C)C(C)(C)O2)cc(N2C(N)=NC=CC2C(F)(F)F)c1. The molecule has 1 fully saturated rings. The van der Waals surface area contributed by atoms with Crippen LogP contribution in [0.5, 0.6) is 0 Å². The molecule has 1 unspecified atom stereocenters. The van der Waals surface area contributed by atoms with Crippen molar-refractivity contribution in [1.82, 2.24) is 0 Å². The summed E-state index contributed by atoms with van der Waals surface area (Å²) in [6, 6.07) is 3.19. The number of anilines is 1. The van der Waals surface area contributed by atoms with Crippen LogP contribution in [0.2, 0.25) is 0 Å². The van der Waals surface area contributed by atoms with Crippen molar-refractivity contribution in [2.45, 2.75) is 58.0 Å². The van der Waals surface area contributed by atoms with Crippen molar-refractivity contribution in [2.24, 2.45) is 10.7 Å². The fourth-order valence-corrected chi connectivity index (χ4v) is 3.09. The van der Waals surface area contributed by atoms with Crippen LogP contribution in [0, 0.1) is 6.92 Å². The smallest absolute Gasteiger partial charge is 0.399 e. The van der Waals surface area contributed by atoms with Crippen LogP contribution in [0.1, 0.15) is 33.3 Å². The summed E-state index contributed by atoms with van der Waals surface area (Å²) >= 11 is 0. The Bertz CT molecular complexity index is 790. The molecule has 5 nitrogen and oxygen atoms in total. The van der Waals surface area contributed by atoms with E-state index in [0.717, 1.165) is 22.7 Å². The van der Waals surface area contributed by atoms with Gasteiger partial charge < -0.3 is 15.0 Å². The van der Waals surface area contributed by atoms with Crippen LogP contribution in [0.3, 0.4) is 0 Å². The Balaban J connectivity index is 2.01. The number of guanidine groups is 1. The van der Waals surface area contributed by atoms with Crippen molar-refractivity contribution in [3.05, 3.63) is 36.0 Å². The lowest BCUT2D eigenvalue weighted by molar-refractivity contribution is -0.136. The second-order valence-electron chi connectivity index (χ2n) is 7.88. The molecule has 0 spiro atoms. The van der Waals surface area contributed by atoms with Crippen molar-refractivity contribution in [3.8, 4) is 0 Å². The maximum absolute atomic E-state index is 13.5. The number of alkyl halides is 3. The standard InChI is InChI=1S/C18H23BF3N3O2/c1-11-8-12(19-26-16(2,3)17(4,5)27-19)10-13(9-11)25-14(18(20,21)22)6-7-24-15(25)23/h6-10,14H,1-5H3,(H2,23,24). The molecule has 1 saturated heterocycles. The predicted molar refractivity (Wildman–Crippen MR) is 100.0 cm³/mol. The van der Waals surface area contributed by atoms with Crippen molar-refractivity contribution < 1.29 is 22.5 Å². The van der Waals surface area contributed by atoms with Gasteiger partial charge in [-0.15, -0.1) is 0 Å².